The predicted octanol–water partition coefficient (Wildman–Crippen LogP) is 5.04. The van der Waals surface area contributed by atoms with Gasteiger partial charge in [-0.3, -0.25) is 0 Å². The van der Waals surface area contributed by atoms with Gasteiger partial charge in [0.15, 0.2) is 0 Å². The zero-order chi connectivity index (χ0) is 19.7. The molecule has 0 N–H and O–H groups in total. The molecule has 2 aromatic carbocycles. The fourth-order valence-corrected chi connectivity index (χ4v) is 5.67. The first-order valence-electron chi connectivity index (χ1n) is 9.25. The van der Waals surface area contributed by atoms with Crippen LogP contribution in [0.2, 0.25) is 0 Å². The van der Waals surface area contributed by atoms with Crippen molar-refractivity contribution in [2.24, 2.45) is 5.92 Å². The zero-order valence-electron chi connectivity index (χ0n) is 15.5. The molecule has 2 heterocycles. The van der Waals surface area contributed by atoms with Crippen molar-refractivity contribution in [3.05, 3.63) is 59.7 Å². The van der Waals surface area contributed by atoms with Crippen LogP contribution in [-0.2, 0) is 10.0 Å². The summed E-state index contributed by atoms with van der Waals surface area (Å²) in [5.74, 6) is 0.281. The SMILES string of the molecule is CC1CCN(S(=O)(=O)c2cccc(-c3csc(-c4ccc(F)cc4)n3)c2)CC1. The van der Waals surface area contributed by atoms with E-state index in [9.17, 15) is 12.8 Å². The van der Waals surface area contributed by atoms with Crippen LogP contribution >= 0.6 is 11.3 Å². The van der Waals surface area contributed by atoms with Crippen molar-refractivity contribution in [2.75, 3.05) is 13.1 Å². The van der Waals surface area contributed by atoms with E-state index in [0.717, 1.165) is 29.0 Å². The van der Waals surface area contributed by atoms with Gasteiger partial charge in [0.1, 0.15) is 10.8 Å². The van der Waals surface area contributed by atoms with Gasteiger partial charge in [-0.05, 0) is 55.2 Å². The monoisotopic (exact) mass is 416 g/mol. The third-order valence-corrected chi connectivity index (χ3v) is 7.89. The summed E-state index contributed by atoms with van der Waals surface area (Å²) in [4.78, 5) is 4.92. The Balaban J connectivity index is 1.61. The number of aromatic nitrogens is 1. The lowest BCUT2D eigenvalue weighted by Crippen LogP contribution is -2.37. The van der Waals surface area contributed by atoms with Gasteiger partial charge in [-0.25, -0.2) is 17.8 Å². The summed E-state index contributed by atoms with van der Waals surface area (Å²) < 4.78 is 40.7. The van der Waals surface area contributed by atoms with Gasteiger partial charge in [0.05, 0.1) is 10.6 Å². The van der Waals surface area contributed by atoms with Gasteiger partial charge in [-0.2, -0.15) is 4.31 Å². The molecule has 0 aliphatic carbocycles. The Labute approximate surface area is 168 Å². The maximum Gasteiger partial charge on any atom is 0.243 e. The van der Waals surface area contributed by atoms with E-state index in [1.807, 2.05) is 11.4 Å². The summed E-state index contributed by atoms with van der Waals surface area (Å²) in [6, 6.07) is 13.1. The fraction of sp³-hybridized carbons (Fsp3) is 0.286. The predicted molar refractivity (Wildman–Crippen MR) is 110 cm³/mol. The van der Waals surface area contributed by atoms with Gasteiger partial charge in [0.25, 0.3) is 0 Å². The number of sulfonamides is 1. The first-order valence-corrected chi connectivity index (χ1v) is 11.6. The van der Waals surface area contributed by atoms with Crippen molar-refractivity contribution in [1.29, 1.82) is 0 Å². The first kappa shape index (κ1) is 19.2. The normalized spacial score (nSPS) is 16.4. The molecule has 1 fully saturated rings. The number of benzene rings is 2. The van der Waals surface area contributed by atoms with Crippen LogP contribution in [0.25, 0.3) is 21.8 Å². The molecule has 0 amide bonds. The molecule has 1 saturated heterocycles. The standard InChI is InChI=1S/C21H21FN2O2S2/c1-15-9-11-24(12-10-15)28(25,26)19-4-2-3-17(13-19)20-14-27-21(23-20)16-5-7-18(22)8-6-16/h2-8,13-15H,9-12H2,1H3. The van der Waals surface area contributed by atoms with Gasteiger partial charge in [-0.1, -0.05) is 19.1 Å². The average Bonchev–Trinajstić information content (AvgIpc) is 3.19. The highest BCUT2D eigenvalue weighted by Crippen LogP contribution is 2.31. The van der Waals surface area contributed by atoms with Crippen molar-refractivity contribution in [2.45, 2.75) is 24.7 Å². The smallest absolute Gasteiger partial charge is 0.236 e. The summed E-state index contributed by atoms with van der Waals surface area (Å²) in [7, 11) is -3.50. The van der Waals surface area contributed by atoms with Crippen LogP contribution in [0.3, 0.4) is 0 Å². The summed E-state index contributed by atoms with van der Waals surface area (Å²) in [6.45, 7) is 3.30. The molecular formula is C21H21FN2O2S2. The highest BCUT2D eigenvalue weighted by molar-refractivity contribution is 7.89. The van der Waals surface area contributed by atoms with Crippen molar-refractivity contribution in [1.82, 2.24) is 9.29 Å². The van der Waals surface area contributed by atoms with Crippen molar-refractivity contribution in [3.63, 3.8) is 0 Å². The molecule has 146 valence electrons. The minimum Gasteiger partial charge on any atom is -0.236 e. The van der Waals surface area contributed by atoms with E-state index in [4.69, 9.17) is 0 Å². The molecule has 3 aromatic rings. The van der Waals surface area contributed by atoms with Crippen LogP contribution in [-0.4, -0.2) is 30.8 Å². The molecule has 0 unspecified atom stereocenters. The number of piperidine rings is 1. The number of thiazole rings is 1. The van der Waals surface area contributed by atoms with Crippen LogP contribution < -0.4 is 0 Å². The van der Waals surface area contributed by atoms with Crippen LogP contribution in [0.15, 0.2) is 58.8 Å². The van der Waals surface area contributed by atoms with Crippen LogP contribution in [0.4, 0.5) is 4.39 Å². The molecular weight excluding hydrogens is 395 g/mol. The maximum absolute atomic E-state index is 13.1. The lowest BCUT2D eigenvalue weighted by Gasteiger charge is -2.29. The quantitative estimate of drug-likeness (QED) is 0.599. The van der Waals surface area contributed by atoms with Gasteiger partial charge < -0.3 is 0 Å². The molecule has 0 spiro atoms. The fourth-order valence-electron chi connectivity index (χ4n) is 3.32. The molecule has 0 radical (unpaired) electrons. The molecule has 0 saturated carbocycles. The van der Waals surface area contributed by atoms with Gasteiger partial charge in [-0.15, -0.1) is 11.3 Å². The van der Waals surface area contributed by atoms with Gasteiger partial charge in [0.2, 0.25) is 10.0 Å². The Hall–Kier alpha value is -2.09. The second-order valence-corrected chi connectivity index (χ2v) is 9.96. The zero-order valence-corrected chi connectivity index (χ0v) is 17.1. The summed E-state index contributed by atoms with van der Waals surface area (Å²) in [6.07, 6.45) is 1.79. The van der Waals surface area contributed by atoms with Crippen LogP contribution in [0.5, 0.6) is 0 Å². The van der Waals surface area contributed by atoms with Crippen molar-refractivity contribution >= 4 is 21.4 Å². The maximum atomic E-state index is 13.1. The molecule has 0 atom stereocenters. The first-order chi connectivity index (χ1) is 13.4. The molecule has 0 bridgehead atoms. The van der Waals surface area contributed by atoms with E-state index in [-0.39, 0.29) is 5.82 Å². The summed E-state index contributed by atoms with van der Waals surface area (Å²) in [5, 5.41) is 2.67. The molecule has 1 aliphatic rings. The number of nitrogens with zero attached hydrogens (tertiary/aromatic N) is 2. The molecule has 1 aliphatic heterocycles. The van der Waals surface area contributed by atoms with E-state index < -0.39 is 10.0 Å². The lowest BCUT2D eigenvalue weighted by molar-refractivity contribution is 0.288. The third-order valence-electron chi connectivity index (χ3n) is 5.11. The molecule has 4 rings (SSSR count). The molecule has 1 aromatic heterocycles. The van der Waals surface area contributed by atoms with E-state index in [1.165, 1.54) is 23.5 Å². The van der Waals surface area contributed by atoms with E-state index >= 15 is 0 Å². The third kappa shape index (κ3) is 3.87. The highest BCUT2D eigenvalue weighted by Gasteiger charge is 2.28. The topological polar surface area (TPSA) is 50.3 Å². The van der Waals surface area contributed by atoms with Crippen molar-refractivity contribution in [3.8, 4) is 21.8 Å². The molecule has 4 nitrogen and oxygen atoms in total. The highest BCUT2D eigenvalue weighted by atomic mass is 32.2. The Morgan fingerprint density at radius 3 is 2.50 bits per heavy atom. The molecule has 7 heteroatoms. The Kier molecular flexibility index (Phi) is 5.31. The Morgan fingerprint density at radius 1 is 1.07 bits per heavy atom. The number of hydrogen-bond donors (Lipinski definition) is 0. The summed E-state index contributed by atoms with van der Waals surface area (Å²) in [5.41, 5.74) is 2.31. The van der Waals surface area contributed by atoms with Crippen LogP contribution in [0.1, 0.15) is 19.8 Å². The molecule has 28 heavy (non-hydrogen) atoms. The average molecular weight is 417 g/mol. The lowest BCUT2D eigenvalue weighted by atomic mass is 10.0. The number of rotatable bonds is 4. The van der Waals surface area contributed by atoms with E-state index in [0.29, 0.717) is 29.6 Å². The van der Waals surface area contributed by atoms with E-state index in [1.54, 1.807) is 34.6 Å². The largest absolute Gasteiger partial charge is 0.243 e. The van der Waals surface area contributed by atoms with Crippen molar-refractivity contribution < 1.29 is 12.8 Å². The van der Waals surface area contributed by atoms with E-state index in [2.05, 4.69) is 11.9 Å². The second-order valence-electron chi connectivity index (χ2n) is 7.16. The number of hydrogen-bond acceptors (Lipinski definition) is 4. The van der Waals surface area contributed by atoms with Crippen LogP contribution in [0, 0.1) is 11.7 Å². The Morgan fingerprint density at radius 2 is 1.79 bits per heavy atom. The second kappa shape index (κ2) is 7.73. The minimum atomic E-state index is -3.50. The Bertz CT molecular complexity index is 1070. The van der Waals surface area contributed by atoms with Gasteiger partial charge in [0, 0.05) is 29.6 Å². The summed E-state index contributed by atoms with van der Waals surface area (Å²) >= 11 is 1.45. The minimum absolute atomic E-state index is 0.287. The van der Waals surface area contributed by atoms with Gasteiger partial charge >= 0.3 is 0 Å². The number of halogens is 1.